The van der Waals surface area contributed by atoms with E-state index in [1.807, 2.05) is 0 Å². The van der Waals surface area contributed by atoms with E-state index in [2.05, 4.69) is 15.3 Å². The lowest BCUT2D eigenvalue weighted by atomic mass is 10.2. The van der Waals surface area contributed by atoms with E-state index in [0.717, 1.165) is 24.3 Å². The number of rotatable bonds is 2. The number of hydrogen-bond donors (Lipinski definition) is 1. The Morgan fingerprint density at radius 3 is 2.22 bits per heavy atom. The Hall–Kier alpha value is -2.05. The average molecular weight is 260 g/mol. The van der Waals surface area contributed by atoms with Crippen LogP contribution in [0.1, 0.15) is 19.4 Å². The lowest BCUT2D eigenvalue weighted by Gasteiger charge is -2.07. The zero-order valence-electron chi connectivity index (χ0n) is 9.71. The monoisotopic (exact) mass is 260 g/mol. The Labute approximate surface area is 101 Å². The minimum absolute atomic E-state index is 0.192. The highest BCUT2D eigenvalue weighted by Gasteiger charge is 2.29. The van der Waals surface area contributed by atoms with Gasteiger partial charge in [0.15, 0.2) is 0 Å². The lowest BCUT2D eigenvalue weighted by Crippen LogP contribution is -2.12. The molecule has 1 aromatic carbocycles. The highest BCUT2D eigenvalue weighted by molar-refractivity contribution is 5.85. The summed E-state index contributed by atoms with van der Waals surface area (Å²) >= 11 is 0. The maximum atomic E-state index is 12.3. The van der Waals surface area contributed by atoms with Gasteiger partial charge in [-0.15, -0.1) is 0 Å². The van der Waals surface area contributed by atoms with Crippen molar-refractivity contribution in [1.82, 2.24) is 0 Å². The zero-order valence-corrected chi connectivity index (χ0v) is 9.71. The Balaban J connectivity index is 2.64. The van der Waals surface area contributed by atoms with E-state index in [9.17, 15) is 18.0 Å². The van der Waals surface area contributed by atoms with Gasteiger partial charge in [-0.25, -0.2) is 4.79 Å². The van der Waals surface area contributed by atoms with Gasteiger partial charge in [-0.1, -0.05) is 5.16 Å². The van der Waals surface area contributed by atoms with E-state index in [-0.39, 0.29) is 5.69 Å². The number of oxime groups is 1. The van der Waals surface area contributed by atoms with Gasteiger partial charge >= 0.3 is 12.3 Å². The van der Waals surface area contributed by atoms with Crippen molar-refractivity contribution >= 4 is 17.5 Å². The van der Waals surface area contributed by atoms with Crippen molar-refractivity contribution in [2.45, 2.75) is 20.0 Å². The molecule has 0 radical (unpaired) electrons. The van der Waals surface area contributed by atoms with Crippen molar-refractivity contribution in [2.24, 2.45) is 5.16 Å². The quantitative estimate of drug-likeness (QED) is 0.501. The minimum atomic E-state index is -4.40. The number of carbonyl (C=O) groups excluding carboxylic acids is 1. The van der Waals surface area contributed by atoms with Gasteiger partial charge in [0.25, 0.3) is 0 Å². The van der Waals surface area contributed by atoms with Crippen LogP contribution in [0.5, 0.6) is 0 Å². The summed E-state index contributed by atoms with van der Waals surface area (Å²) in [5, 5.41) is 5.64. The molecule has 0 spiro atoms. The zero-order chi connectivity index (χ0) is 13.8. The molecule has 0 saturated heterocycles. The highest BCUT2D eigenvalue weighted by Crippen LogP contribution is 2.29. The predicted molar refractivity (Wildman–Crippen MR) is 60.3 cm³/mol. The van der Waals surface area contributed by atoms with Crippen molar-refractivity contribution in [3.05, 3.63) is 29.8 Å². The molecule has 0 aliphatic rings. The molecule has 0 fully saturated rings. The van der Waals surface area contributed by atoms with E-state index < -0.39 is 17.8 Å². The fourth-order valence-electron chi connectivity index (χ4n) is 1.02. The highest BCUT2D eigenvalue weighted by atomic mass is 19.4. The van der Waals surface area contributed by atoms with Crippen molar-refractivity contribution in [3.8, 4) is 0 Å². The second kappa shape index (κ2) is 5.52. The number of nitrogens with one attached hydrogen (secondary N) is 1. The van der Waals surface area contributed by atoms with Crippen LogP contribution in [0.4, 0.5) is 23.7 Å². The molecular formula is C11H11F3N2O2. The van der Waals surface area contributed by atoms with E-state index in [4.69, 9.17) is 0 Å². The summed E-state index contributed by atoms with van der Waals surface area (Å²) in [7, 11) is 0. The van der Waals surface area contributed by atoms with Gasteiger partial charge < -0.3 is 0 Å². The van der Waals surface area contributed by atoms with Crippen LogP contribution in [-0.2, 0) is 11.0 Å². The summed E-state index contributed by atoms with van der Waals surface area (Å²) in [4.78, 5) is 15.6. The van der Waals surface area contributed by atoms with Crippen LogP contribution in [0.25, 0.3) is 0 Å². The molecular weight excluding hydrogens is 249 g/mol. The first-order chi connectivity index (χ1) is 8.29. The SMILES string of the molecule is CC(C)=NOC(=O)Nc1ccc(C(F)(F)F)cc1. The van der Waals surface area contributed by atoms with E-state index >= 15 is 0 Å². The first kappa shape index (κ1) is 14.0. The third-order valence-electron chi connectivity index (χ3n) is 1.77. The van der Waals surface area contributed by atoms with Crippen LogP contribution in [0.2, 0.25) is 0 Å². The number of amides is 1. The summed E-state index contributed by atoms with van der Waals surface area (Å²) in [5.41, 5.74) is -0.0571. The van der Waals surface area contributed by atoms with Crippen molar-refractivity contribution < 1.29 is 22.8 Å². The van der Waals surface area contributed by atoms with Crippen LogP contribution < -0.4 is 5.32 Å². The van der Waals surface area contributed by atoms with Gasteiger partial charge in [0.05, 0.1) is 11.3 Å². The molecule has 0 bridgehead atoms. The number of benzene rings is 1. The molecule has 98 valence electrons. The number of alkyl halides is 3. The van der Waals surface area contributed by atoms with E-state index in [1.165, 1.54) is 0 Å². The topological polar surface area (TPSA) is 50.7 Å². The van der Waals surface area contributed by atoms with Crippen LogP contribution in [0, 0.1) is 0 Å². The molecule has 1 rings (SSSR count). The smallest absolute Gasteiger partial charge is 0.298 e. The maximum Gasteiger partial charge on any atom is 0.437 e. The summed E-state index contributed by atoms with van der Waals surface area (Å²) in [5.74, 6) is 0. The number of nitrogens with zero attached hydrogens (tertiary/aromatic N) is 1. The first-order valence-electron chi connectivity index (χ1n) is 4.95. The fourth-order valence-corrected chi connectivity index (χ4v) is 1.02. The molecule has 1 amide bonds. The molecule has 0 aliphatic heterocycles. The van der Waals surface area contributed by atoms with Crippen LogP contribution >= 0.6 is 0 Å². The largest absolute Gasteiger partial charge is 0.437 e. The Morgan fingerprint density at radius 1 is 1.22 bits per heavy atom. The molecule has 1 aromatic rings. The molecule has 0 atom stereocenters. The molecule has 0 saturated carbocycles. The van der Waals surface area contributed by atoms with Gasteiger partial charge in [-0.3, -0.25) is 10.2 Å². The Morgan fingerprint density at radius 2 is 1.78 bits per heavy atom. The molecule has 0 aliphatic carbocycles. The van der Waals surface area contributed by atoms with Crippen LogP contribution in [0.15, 0.2) is 29.4 Å². The number of hydrogen-bond acceptors (Lipinski definition) is 3. The third-order valence-corrected chi connectivity index (χ3v) is 1.77. The van der Waals surface area contributed by atoms with Crippen LogP contribution in [-0.4, -0.2) is 11.8 Å². The fraction of sp³-hybridized carbons (Fsp3) is 0.273. The van der Waals surface area contributed by atoms with E-state index in [0.29, 0.717) is 5.71 Å². The molecule has 0 unspecified atom stereocenters. The van der Waals surface area contributed by atoms with Gasteiger partial charge in [0.2, 0.25) is 0 Å². The van der Waals surface area contributed by atoms with Crippen molar-refractivity contribution in [3.63, 3.8) is 0 Å². The maximum absolute atomic E-state index is 12.3. The number of halogens is 3. The average Bonchev–Trinajstić information content (AvgIpc) is 2.26. The van der Waals surface area contributed by atoms with Gasteiger partial charge in [-0.05, 0) is 38.1 Å². The first-order valence-corrected chi connectivity index (χ1v) is 4.95. The van der Waals surface area contributed by atoms with Crippen LogP contribution in [0.3, 0.4) is 0 Å². The molecule has 18 heavy (non-hydrogen) atoms. The van der Waals surface area contributed by atoms with E-state index in [1.54, 1.807) is 13.8 Å². The summed E-state index contributed by atoms with van der Waals surface area (Å²) in [6, 6.07) is 3.99. The summed E-state index contributed by atoms with van der Waals surface area (Å²) in [6.07, 6.45) is -5.26. The molecule has 4 nitrogen and oxygen atoms in total. The van der Waals surface area contributed by atoms with Gasteiger partial charge in [0, 0.05) is 5.69 Å². The summed E-state index contributed by atoms with van der Waals surface area (Å²) in [6.45, 7) is 3.26. The second-order valence-corrected chi connectivity index (χ2v) is 3.62. The molecule has 0 heterocycles. The minimum Gasteiger partial charge on any atom is -0.298 e. The number of carbonyl (C=O) groups is 1. The van der Waals surface area contributed by atoms with Crippen molar-refractivity contribution in [2.75, 3.05) is 5.32 Å². The normalized spacial score (nSPS) is 10.7. The summed E-state index contributed by atoms with van der Waals surface area (Å²) < 4.78 is 36.8. The second-order valence-electron chi connectivity index (χ2n) is 3.62. The standard InChI is InChI=1S/C11H11F3N2O2/c1-7(2)16-18-10(17)15-9-5-3-8(4-6-9)11(12,13)14/h3-6H,1-2H3,(H,15,17). The lowest BCUT2D eigenvalue weighted by molar-refractivity contribution is -0.137. The van der Waals surface area contributed by atoms with Gasteiger partial charge in [-0.2, -0.15) is 13.2 Å². The number of anilines is 1. The van der Waals surface area contributed by atoms with Gasteiger partial charge in [0.1, 0.15) is 0 Å². The Kier molecular flexibility index (Phi) is 4.30. The van der Waals surface area contributed by atoms with Crippen molar-refractivity contribution in [1.29, 1.82) is 0 Å². The predicted octanol–water partition coefficient (Wildman–Crippen LogP) is 3.65. The third kappa shape index (κ3) is 4.44. The molecule has 0 aromatic heterocycles. The molecule has 7 heteroatoms. The molecule has 1 N–H and O–H groups in total. The Bertz CT molecular complexity index is 448.